The lowest BCUT2D eigenvalue weighted by Crippen LogP contribution is -2.54. The number of anilines is 1. The number of rotatable bonds is 10. The first-order valence-corrected chi connectivity index (χ1v) is 13.8. The fourth-order valence-electron chi connectivity index (χ4n) is 3.91. The monoisotopic (exact) mass is 555 g/mol. The maximum atomic E-state index is 13.9. The van der Waals surface area contributed by atoms with E-state index in [0.29, 0.717) is 5.56 Å². The number of hydrogen-bond donors (Lipinski definition) is 1. The highest BCUT2D eigenvalue weighted by atomic mass is 32.2. The SMILES string of the molecule is COc1ccccc1N(CC(=O)N(Cc1ccc(F)cc1)C(C)C(=O)NC(C)(C)C)S(=O)(=O)c1ccccc1. The molecule has 3 aromatic carbocycles. The second kappa shape index (κ2) is 12.3. The number of sulfonamides is 1. The molecule has 8 nitrogen and oxygen atoms in total. The van der Waals surface area contributed by atoms with E-state index in [2.05, 4.69) is 5.32 Å². The summed E-state index contributed by atoms with van der Waals surface area (Å²) >= 11 is 0. The van der Waals surface area contributed by atoms with Gasteiger partial charge < -0.3 is 15.0 Å². The van der Waals surface area contributed by atoms with Crippen LogP contribution in [0.15, 0.2) is 83.8 Å². The number of hydrogen-bond acceptors (Lipinski definition) is 5. The summed E-state index contributed by atoms with van der Waals surface area (Å²) in [6, 6.07) is 18.8. The number of nitrogens with one attached hydrogen (secondary N) is 1. The van der Waals surface area contributed by atoms with Crippen LogP contribution in [-0.4, -0.2) is 50.4 Å². The second-order valence-corrected chi connectivity index (χ2v) is 11.9. The van der Waals surface area contributed by atoms with Crippen molar-refractivity contribution in [2.45, 2.75) is 50.7 Å². The van der Waals surface area contributed by atoms with Gasteiger partial charge in [0.1, 0.15) is 24.2 Å². The molecule has 3 aromatic rings. The smallest absolute Gasteiger partial charge is 0.264 e. The average Bonchev–Trinajstić information content (AvgIpc) is 2.90. The van der Waals surface area contributed by atoms with E-state index >= 15 is 0 Å². The fourth-order valence-corrected chi connectivity index (χ4v) is 5.36. The number of ether oxygens (including phenoxy) is 1. The zero-order valence-corrected chi connectivity index (χ0v) is 23.5. The first kappa shape index (κ1) is 29.6. The largest absolute Gasteiger partial charge is 0.495 e. The second-order valence-electron chi connectivity index (χ2n) is 10.1. The van der Waals surface area contributed by atoms with Crippen LogP contribution in [0, 0.1) is 5.82 Å². The van der Waals surface area contributed by atoms with Gasteiger partial charge in [-0.25, -0.2) is 12.8 Å². The van der Waals surface area contributed by atoms with Crippen LogP contribution in [0.25, 0.3) is 0 Å². The first-order chi connectivity index (χ1) is 18.3. The summed E-state index contributed by atoms with van der Waals surface area (Å²) in [7, 11) is -2.80. The molecule has 0 aromatic heterocycles. The predicted octanol–water partition coefficient (Wildman–Crippen LogP) is 4.36. The van der Waals surface area contributed by atoms with E-state index in [1.807, 2.05) is 20.8 Å². The van der Waals surface area contributed by atoms with Gasteiger partial charge in [-0.1, -0.05) is 42.5 Å². The molecule has 0 spiro atoms. The van der Waals surface area contributed by atoms with Gasteiger partial charge in [-0.15, -0.1) is 0 Å². The number of carbonyl (C=O) groups excluding carboxylic acids is 2. The Morgan fingerprint density at radius 1 is 0.949 bits per heavy atom. The van der Waals surface area contributed by atoms with E-state index in [0.717, 1.165) is 4.31 Å². The quantitative estimate of drug-likeness (QED) is 0.401. The molecule has 0 fully saturated rings. The Labute approximate surface area is 229 Å². The molecule has 0 saturated heterocycles. The summed E-state index contributed by atoms with van der Waals surface area (Å²) < 4.78 is 47.6. The van der Waals surface area contributed by atoms with Crippen LogP contribution in [-0.2, 0) is 26.2 Å². The molecule has 0 heterocycles. The third-order valence-electron chi connectivity index (χ3n) is 5.90. The Kier molecular flexibility index (Phi) is 9.34. The van der Waals surface area contributed by atoms with Crippen LogP contribution < -0.4 is 14.4 Å². The fraction of sp³-hybridized carbons (Fsp3) is 0.310. The van der Waals surface area contributed by atoms with Crippen molar-refractivity contribution in [2.24, 2.45) is 0 Å². The average molecular weight is 556 g/mol. The van der Waals surface area contributed by atoms with E-state index in [9.17, 15) is 22.4 Å². The molecular formula is C29H34FN3O5S. The van der Waals surface area contributed by atoms with Crippen molar-refractivity contribution in [2.75, 3.05) is 18.0 Å². The Hall–Kier alpha value is -3.92. The van der Waals surface area contributed by atoms with E-state index < -0.39 is 45.8 Å². The molecule has 208 valence electrons. The van der Waals surface area contributed by atoms with Crippen molar-refractivity contribution in [3.8, 4) is 5.75 Å². The van der Waals surface area contributed by atoms with E-state index in [1.54, 1.807) is 49.4 Å². The molecule has 3 rings (SSSR count). The minimum absolute atomic E-state index is 0.00712. The van der Waals surface area contributed by atoms with Crippen molar-refractivity contribution >= 4 is 27.5 Å². The molecule has 10 heteroatoms. The lowest BCUT2D eigenvalue weighted by atomic mass is 10.1. The Bertz CT molecular complexity index is 1390. The van der Waals surface area contributed by atoms with Crippen molar-refractivity contribution in [1.29, 1.82) is 0 Å². The molecule has 1 unspecified atom stereocenters. The van der Waals surface area contributed by atoms with Crippen molar-refractivity contribution in [1.82, 2.24) is 10.2 Å². The minimum atomic E-state index is -4.21. The van der Waals surface area contributed by atoms with Crippen LogP contribution in [0.5, 0.6) is 5.75 Å². The first-order valence-electron chi connectivity index (χ1n) is 12.4. The van der Waals surface area contributed by atoms with Gasteiger partial charge in [0.05, 0.1) is 17.7 Å². The summed E-state index contributed by atoms with van der Waals surface area (Å²) in [4.78, 5) is 28.3. The van der Waals surface area contributed by atoms with Crippen LogP contribution in [0.1, 0.15) is 33.3 Å². The zero-order chi connectivity index (χ0) is 28.8. The number of para-hydroxylation sites is 2. The van der Waals surface area contributed by atoms with Crippen molar-refractivity contribution in [3.63, 3.8) is 0 Å². The van der Waals surface area contributed by atoms with Crippen LogP contribution in [0.2, 0.25) is 0 Å². The van der Waals surface area contributed by atoms with Gasteiger partial charge in [0, 0.05) is 12.1 Å². The molecule has 0 saturated carbocycles. The highest BCUT2D eigenvalue weighted by molar-refractivity contribution is 7.92. The highest BCUT2D eigenvalue weighted by Crippen LogP contribution is 2.32. The third kappa shape index (κ3) is 7.57. The molecule has 1 atom stereocenters. The molecular weight excluding hydrogens is 521 g/mol. The Balaban J connectivity index is 2.06. The van der Waals surface area contributed by atoms with Crippen LogP contribution in [0.3, 0.4) is 0 Å². The predicted molar refractivity (Wildman–Crippen MR) is 148 cm³/mol. The van der Waals surface area contributed by atoms with Gasteiger partial charge in [0.15, 0.2) is 0 Å². The lowest BCUT2D eigenvalue weighted by Gasteiger charge is -2.33. The molecule has 1 N–H and O–H groups in total. The van der Waals surface area contributed by atoms with Gasteiger partial charge in [-0.3, -0.25) is 13.9 Å². The zero-order valence-electron chi connectivity index (χ0n) is 22.7. The topological polar surface area (TPSA) is 96.0 Å². The number of carbonyl (C=O) groups is 2. The van der Waals surface area contributed by atoms with E-state index in [4.69, 9.17) is 4.74 Å². The number of halogens is 1. The molecule has 0 aliphatic carbocycles. The maximum absolute atomic E-state index is 13.9. The van der Waals surface area contributed by atoms with Gasteiger partial charge >= 0.3 is 0 Å². The minimum Gasteiger partial charge on any atom is -0.495 e. The summed E-state index contributed by atoms with van der Waals surface area (Å²) in [5.41, 5.74) is 0.191. The number of methoxy groups -OCH3 is 1. The molecule has 0 aliphatic heterocycles. The van der Waals surface area contributed by atoms with Crippen LogP contribution in [0.4, 0.5) is 10.1 Å². The van der Waals surface area contributed by atoms with Crippen LogP contribution >= 0.6 is 0 Å². The molecule has 39 heavy (non-hydrogen) atoms. The summed E-state index contributed by atoms with van der Waals surface area (Å²) in [6.45, 7) is 6.38. The standard InChI is InChI=1S/C29H34FN3O5S/c1-21(28(35)31-29(2,3)4)32(19-22-15-17-23(30)18-16-22)27(34)20-33(25-13-9-10-14-26(25)38-5)39(36,37)24-11-7-6-8-12-24/h6-18,21H,19-20H2,1-5H3,(H,31,35). The molecule has 2 amide bonds. The third-order valence-corrected chi connectivity index (χ3v) is 7.67. The van der Waals surface area contributed by atoms with Crippen molar-refractivity contribution in [3.05, 3.63) is 90.2 Å². The summed E-state index contributed by atoms with van der Waals surface area (Å²) in [5.74, 6) is -1.21. The van der Waals surface area contributed by atoms with Gasteiger partial charge in [-0.2, -0.15) is 0 Å². The summed E-state index contributed by atoms with van der Waals surface area (Å²) in [5, 5.41) is 2.86. The maximum Gasteiger partial charge on any atom is 0.264 e. The Morgan fingerprint density at radius 3 is 2.13 bits per heavy atom. The lowest BCUT2D eigenvalue weighted by molar-refractivity contribution is -0.140. The van der Waals surface area contributed by atoms with Gasteiger partial charge in [0.25, 0.3) is 10.0 Å². The van der Waals surface area contributed by atoms with E-state index in [1.165, 1.54) is 48.4 Å². The number of benzene rings is 3. The highest BCUT2D eigenvalue weighted by Gasteiger charge is 2.34. The molecule has 0 bridgehead atoms. The normalized spacial score (nSPS) is 12.4. The van der Waals surface area contributed by atoms with E-state index in [-0.39, 0.29) is 22.9 Å². The van der Waals surface area contributed by atoms with Gasteiger partial charge in [-0.05, 0) is 69.7 Å². The molecule has 0 aliphatic rings. The van der Waals surface area contributed by atoms with Crippen molar-refractivity contribution < 1.29 is 27.1 Å². The van der Waals surface area contributed by atoms with Gasteiger partial charge in [0.2, 0.25) is 11.8 Å². The summed E-state index contributed by atoms with van der Waals surface area (Å²) in [6.07, 6.45) is 0. The number of amides is 2. The number of nitrogens with zero attached hydrogens (tertiary/aromatic N) is 2. The molecule has 0 radical (unpaired) electrons. The Morgan fingerprint density at radius 2 is 1.54 bits per heavy atom.